The second-order valence-electron chi connectivity index (χ2n) is 5.57. The molecule has 0 aromatic rings. The SMILES string of the molecule is CN1C(=O)C2C(=NC(=[N+]3CCCCC3)N2C)N(C)C1=O. The zero-order chi connectivity index (χ0) is 14.4. The Balaban J connectivity index is 2.02. The second-order valence-corrected chi connectivity index (χ2v) is 5.57. The molecule has 2 fully saturated rings. The summed E-state index contributed by atoms with van der Waals surface area (Å²) in [5.41, 5.74) is 0. The molecule has 0 bridgehead atoms. The van der Waals surface area contributed by atoms with Crippen molar-refractivity contribution in [2.24, 2.45) is 4.99 Å². The molecule has 3 amide bonds. The van der Waals surface area contributed by atoms with Crippen molar-refractivity contribution in [2.45, 2.75) is 25.3 Å². The van der Waals surface area contributed by atoms with Gasteiger partial charge < -0.3 is 0 Å². The van der Waals surface area contributed by atoms with Crippen LogP contribution in [0.1, 0.15) is 19.3 Å². The van der Waals surface area contributed by atoms with Gasteiger partial charge in [-0.2, -0.15) is 0 Å². The molecule has 0 radical (unpaired) electrons. The van der Waals surface area contributed by atoms with Gasteiger partial charge in [-0.25, -0.2) is 9.69 Å². The number of likely N-dealkylation sites (N-methyl/N-ethyl adjacent to an activating group) is 3. The average molecular weight is 278 g/mol. The van der Waals surface area contributed by atoms with Crippen molar-refractivity contribution in [3.05, 3.63) is 0 Å². The molecule has 0 aliphatic carbocycles. The number of guanidine groups is 1. The first-order chi connectivity index (χ1) is 9.52. The predicted molar refractivity (Wildman–Crippen MR) is 73.8 cm³/mol. The van der Waals surface area contributed by atoms with E-state index >= 15 is 0 Å². The summed E-state index contributed by atoms with van der Waals surface area (Å²) in [7, 11) is 5.06. The highest BCUT2D eigenvalue weighted by molar-refractivity contribution is 6.25. The molecule has 7 nitrogen and oxygen atoms in total. The Labute approximate surface area is 118 Å². The van der Waals surface area contributed by atoms with Gasteiger partial charge in [-0.3, -0.25) is 19.2 Å². The van der Waals surface area contributed by atoms with Crippen LogP contribution in [0, 0.1) is 0 Å². The summed E-state index contributed by atoms with van der Waals surface area (Å²) in [5, 5.41) is 0. The van der Waals surface area contributed by atoms with Crippen LogP contribution in [-0.2, 0) is 4.79 Å². The van der Waals surface area contributed by atoms with Crippen molar-refractivity contribution in [3.8, 4) is 0 Å². The van der Waals surface area contributed by atoms with Crippen molar-refractivity contribution in [2.75, 3.05) is 34.2 Å². The molecule has 7 heteroatoms. The molecule has 3 rings (SSSR count). The number of hydrogen-bond donors (Lipinski definition) is 0. The van der Waals surface area contributed by atoms with Gasteiger partial charge >= 0.3 is 12.0 Å². The summed E-state index contributed by atoms with van der Waals surface area (Å²) in [6.07, 6.45) is 3.54. The third kappa shape index (κ3) is 1.72. The third-order valence-electron chi connectivity index (χ3n) is 4.28. The van der Waals surface area contributed by atoms with Gasteiger partial charge in [0.1, 0.15) is 0 Å². The molecule has 1 atom stereocenters. The van der Waals surface area contributed by atoms with Crippen LogP contribution in [0.2, 0.25) is 0 Å². The number of piperidine rings is 1. The van der Waals surface area contributed by atoms with E-state index in [1.54, 1.807) is 7.05 Å². The van der Waals surface area contributed by atoms with Crippen molar-refractivity contribution in [1.29, 1.82) is 0 Å². The number of aliphatic imine (C=N–C) groups is 1. The van der Waals surface area contributed by atoms with E-state index in [1.807, 2.05) is 11.9 Å². The summed E-state index contributed by atoms with van der Waals surface area (Å²) in [6, 6.07) is -0.794. The first-order valence-electron chi connectivity index (χ1n) is 7.01. The molecule has 2 saturated heterocycles. The maximum Gasteiger partial charge on any atom is 0.392 e. The Morgan fingerprint density at radius 3 is 2.35 bits per heavy atom. The van der Waals surface area contributed by atoms with Crippen LogP contribution in [0.15, 0.2) is 4.99 Å². The van der Waals surface area contributed by atoms with Crippen LogP contribution >= 0.6 is 0 Å². The molecule has 0 saturated carbocycles. The summed E-state index contributed by atoms with van der Waals surface area (Å²) < 4.78 is 2.21. The van der Waals surface area contributed by atoms with Crippen LogP contribution < -0.4 is 0 Å². The number of urea groups is 1. The highest BCUT2D eigenvalue weighted by Gasteiger charge is 2.53. The van der Waals surface area contributed by atoms with Crippen LogP contribution in [0.5, 0.6) is 0 Å². The summed E-state index contributed by atoms with van der Waals surface area (Å²) in [5.74, 6) is 1.15. The van der Waals surface area contributed by atoms with Gasteiger partial charge in [0.05, 0.1) is 20.1 Å². The number of fused-ring (bicyclic) bond motifs is 1. The zero-order valence-electron chi connectivity index (χ0n) is 12.2. The lowest BCUT2D eigenvalue weighted by molar-refractivity contribution is -0.542. The third-order valence-corrected chi connectivity index (χ3v) is 4.28. The minimum Gasteiger partial charge on any atom is -0.270 e. The predicted octanol–water partition coefficient (Wildman–Crippen LogP) is -0.225. The van der Waals surface area contributed by atoms with E-state index in [9.17, 15) is 9.59 Å². The molecule has 0 aromatic heterocycles. The van der Waals surface area contributed by atoms with Gasteiger partial charge in [-0.15, -0.1) is 0 Å². The molecule has 0 N–H and O–H groups in total. The molecule has 3 heterocycles. The lowest BCUT2D eigenvalue weighted by atomic mass is 10.1. The lowest BCUT2D eigenvalue weighted by Crippen LogP contribution is -2.62. The van der Waals surface area contributed by atoms with E-state index in [4.69, 9.17) is 0 Å². The fourth-order valence-corrected chi connectivity index (χ4v) is 3.05. The normalized spacial score (nSPS) is 27.2. The van der Waals surface area contributed by atoms with E-state index in [0.29, 0.717) is 5.84 Å². The largest absolute Gasteiger partial charge is 0.392 e. The summed E-state index contributed by atoms with van der Waals surface area (Å²) in [6.45, 7) is 1.93. The Morgan fingerprint density at radius 2 is 1.70 bits per heavy atom. The van der Waals surface area contributed by atoms with Gasteiger partial charge in [0.25, 0.3) is 5.91 Å². The first kappa shape index (κ1) is 13.1. The quantitative estimate of drug-likeness (QED) is 0.575. The Bertz CT molecular complexity index is 531. The van der Waals surface area contributed by atoms with Crippen LogP contribution in [0.3, 0.4) is 0 Å². The maximum absolute atomic E-state index is 12.3. The van der Waals surface area contributed by atoms with Crippen molar-refractivity contribution < 1.29 is 14.2 Å². The highest BCUT2D eigenvalue weighted by Crippen LogP contribution is 2.22. The standard InChI is InChI=1S/C13H20N5O2/c1-15-9-10(16(2)13(20)17(3)11(9)19)14-12(15)18-7-5-4-6-8-18/h9H,4-8H2,1-3H3/q+1. The van der Waals surface area contributed by atoms with Gasteiger partial charge in [-0.1, -0.05) is 4.99 Å². The second kappa shape index (κ2) is 4.57. The van der Waals surface area contributed by atoms with Gasteiger partial charge in [-0.05, 0) is 19.3 Å². The number of imide groups is 1. The highest BCUT2D eigenvalue weighted by atomic mass is 16.2. The monoisotopic (exact) mass is 278 g/mol. The minimum atomic E-state index is -0.473. The molecule has 20 heavy (non-hydrogen) atoms. The molecule has 0 spiro atoms. The topological polar surface area (TPSA) is 59.2 Å². The maximum atomic E-state index is 12.3. The number of hydrogen-bond acceptors (Lipinski definition) is 2. The Kier molecular flexibility index (Phi) is 2.99. The molecular formula is C13H20N5O2+. The van der Waals surface area contributed by atoms with E-state index in [2.05, 4.69) is 9.57 Å². The lowest BCUT2D eigenvalue weighted by Gasteiger charge is -2.32. The number of amidine groups is 1. The van der Waals surface area contributed by atoms with E-state index in [0.717, 1.165) is 31.9 Å². The van der Waals surface area contributed by atoms with E-state index in [-0.39, 0.29) is 11.9 Å². The number of rotatable bonds is 0. The van der Waals surface area contributed by atoms with Gasteiger partial charge in [0.15, 0.2) is 0 Å². The molecule has 108 valence electrons. The molecular weight excluding hydrogens is 258 g/mol. The fourth-order valence-electron chi connectivity index (χ4n) is 3.05. The summed E-state index contributed by atoms with van der Waals surface area (Å²) in [4.78, 5) is 33.4. The Hall–Kier alpha value is -1.92. The molecule has 3 aliphatic rings. The van der Waals surface area contributed by atoms with Gasteiger partial charge in [0, 0.05) is 14.1 Å². The Morgan fingerprint density at radius 1 is 1.05 bits per heavy atom. The smallest absolute Gasteiger partial charge is 0.270 e. The van der Waals surface area contributed by atoms with Crippen molar-refractivity contribution in [1.82, 2.24) is 14.7 Å². The van der Waals surface area contributed by atoms with Crippen molar-refractivity contribution >= 4 is 23.7 Å². The number of carbonyl (C=O) groups is 2. The summed E-state index contributed by atoms with van der Waals surface area (Å²) >= 11 is 0. The average Bonchev–Trinajstić information content (AvgIpc) is 2.81. The zero-order valence-corrected chi connectivity index (χ0v) is 12.2. The van der Waals surface area contributed by atoms with E-state index < -0.39 is 6.04 Å². The van der Waals surface area contributed by atoms with Crippen molar-refractivity contribution in [3.63, 3.8) is 0 Å². The fraction of sp³-hybridized carbons (Fsp3) is 0.692. The molecule has 1 unspecified atom stereocenters. The van der Waals surface area contributed by atoms with Crippen LogP contribution in [0.25, 0.3) is 0 Å². The molecule has 3 aliphatic heterocycles. The van der Waals surface area contributed by atoms with Crippen LogP contribution in [0.4, 0.5) is 4.79 Å². The first-order valence-corrected chi connectivity index (χ1v) is 7.01. The number of nitrogens with zero attached hydrogens (tertiary/aromatic N) is 5. The van der Waals surface area contributed by atoms with Gasteiger partial charge in [0.2, 0.25) is 11.9 Å². The van der Waals surface area contributed by atoms with E-state index in [1.165, 1.54) is 23.3 Å². The van der Waals surface area contributed by atoms with Crippen LogP contribution in [-0.4, -0.2) is 83.3 Å². The number of carbonyl (C=O) groups excluding carboxylic acids is 2. The molecule has 0 aromatic carbocycles. The minimum absolute atomic E-state index is 0.207. The number of amides is 3.